The highest BCUT2D eigenvalue weighted by molar-refractivity contribution is 5.98. The molecule has 2 amide bonds. The van der Waals surface area contributed by atoms with E-state index in [9.17, 15) is 9.59 Å². The van der Waals surface area contributed by atoms with Crippen molar-refractivity contribution in [3.63, 3.8) is 0 Å². The molecule has 0 N–H and O–H groups in total. The third kappa shape index (κ3) is 3.17. The van der Waals surface area contributed by atoms with Crippen LogP contribution < -0.4 is 9.47 Å². The van der Waals surface area contributed by atoms with Crippen LogP contribution in [0.3, 0.4) is 0 Å². The zero-order valence-electron chi connectivity index (χ0n) is 14.4. The molecule has 3 aliphatic rings. The molecular weight excluding hydrogens is 320 g/mol. The van der Waals surface area contributed by atoms with Crippen LogP contribution in [0.25, 0.3) is 0 Å². The van der Waals surface area contributed by atoms with E-state index in [1.807, 2.05) is 21.9 Å². The quantitative estimate of drug-likeness (QED) is 0.823. The molecule has 1 aromatic rings. The molecule has 0 aliphatic carbocycles. The van der Waals surface area contributed by atoms with Crippen molar-refractivity contribution in [1.29, 1.82) is 0 Å². The van der Waals surface area contributed by atoms with Gasteiger partial charge in [-0.15, -0.1) is 0 Å². The first-order valence-corrected chi connectivity index (χ1v) is 9.21. The van der Waals surface area contributed by atoms with E-state index in [4.69, 9.17) is 9.47 Å². The Morgan fingerprint density at radius 3 is 2.40 bits per heavy atom. The Kier molecular flexibility index (Phi) is 4.51. The second-order valence-corrected chi connectivity index (χ2v) is 6.93. The number of likely N-dealkylation sites (tertiary alicyclic amines) is 2. The predicted molar refractivity (Wildman–Crippen MR) is 91.9 cm³/mol. The van der Waals surface area contributed by atoms with Crippen LogP contribution in [-0.2, 0) is 4.79 Å². The van der Waals surface area contributed by atoms with Crippen molar-refractivity contribution in [1.82, 2.24) is 9.80 Å². The van der Waals surface area contributed by atoms with Crippen LogP contribution in [0.15, 0.2) is 18.2 Å². The van der Waals surface area contributed by atoms with Crippen molar-refractivity contribution >= 4 is 11.8 Å². The first-order chi connectivity index (χ1) is 12.2. The molecule has 3 heterocycles. The van der Waals surface area contributed by atoms with Crippen LogP contribution in [0.4, 0.5) is 0 Å². The summed E-state index contributed by atoms with van der Waals surface area (Å²) in [5.74, 6) is 1.49. The Morgan fingerprint density at radius 2 is 1.64 bits per heavy atom. The maximum Gasteiger partial charge on any atom is 0.257 e. The fourth-order valence-electron chi connectivity index (χ4n) is 3.94. The maximum atomic E-state index is 12.9. The number of ether oxygens (including phenoxy) is 2. The van der Waals surface area contributed by atoms with Crippen LogP contribution in [0.5, 0.6) is 11.5 Å². The molecule has 0 aromatic heterocycles. The molecular formula is C19H24N2O4. The molecule has 4 rings (SSSR count). The molecule has 2 saturated heterocycles. The predicted octanol–water partition coefficient (Wildman–Crippen LogP) is 1.93. The molecule has 0 radical (unpaired) electrons. The molecule has 0 spiro atoms. The molecule has 1 aromatic carbocycles. The van der Waals surface area contributed by atoms with E-state index in [1.165, 1.54) is 0 Å². The second kappa shape index (κ2) is 6.94. The summed E-state index contributed by atoms with van der Waals surface area (Å²) >= 11 is 0. The van der Waals surface area contributed by atoms with Gasteiger partial charge in [-0.05, 0) is 37.8 Å². The zero-order chi connectivity index (χ0) is 17.2. The van der Waals surface area contributed by atoms with E-state index in [0.717, 1.165) is 38.8 Å². The van der Waals surface area contributed by atoms with E-state index in [0.29, 0.717) is 43.4 Å². The van der Waals surface area contributed by atoms with Crippen molar-refractivity contribution < 1.29 is 19.1 Å². The van der Waals surface area contributed by atoms with Gasteiger partial charge in [-0.25, -0.2) is 0 Å². The maximum absolute atomic E-state index is 12.9. The Bertz CT molecular complexity index is 661. The summed E-state index contributed by atoms with van der Waals surface area (Å²) in [6.07, 6.45) is 3.72. The van der Waals surface area contributed by atoms with Gasteiger partial charge in [0.15, 0.2) is 11.5 Å². The van der Waals surface area contributed by atoms with Crippen molar-refractivity contribution in [2.75, 3.05) is 39.4 Å². The molecule has 2 fully saturated rings. The minimum absolute atomic E-state index is 0.0329. The number of piperidine rings is 1. The Morgan fingerprint density at radius 1 is 0.920 bits per heavy atom. The van der Waals surface area contributed by atoms with Gasteiger partial charge < -0.3 is 19.3 Å². The van der Waals surface area contributed by atoms with Crippen molar-refractivity contribution in [3.8, 4) is 11.5 Å². The highest BCUT2D eigenvalue weighted by Crippen LogP contribution is 2.35. The number of hydrogen-bond acceptors (Lipinski definition) is 4. The number of para-hydroxylation sites is 1. The number of hydrogen-bond donors (Lipinski definition) is 0. The summed E-state index contributed by atoms with van der Waals surface area (Å²) in [6.45, 7) is 4.00. The summed E-state index contributed by atoms with van der Waals surface area (Å²) in [4.78, 5) is 29.2. The van der Waals surface area contributed by atoms with Crippen LogP contribution >= 0.6 is 0 Å². The minimum Gasteiger partial charge on any atom is -0.486 e. The Labute approximate surface area is 147 Å². The molecule has 0 unspecified atom stereocenters. The molecule has 0 bridgehead atoms. The van der Waals surface area contributed by atoms with E-state index >= 15 is 0 Å². The van der Waals surface area contributed by atoms with Crippen LogP contribution in [0, 0.1) is 5.92 Å². The molecule has 25 heavy (non-hydrogen) atoms. The monoisotopic (exact) mass is 344 g/mol. The SMILES string of the molecule is O=C(c1cccc2c1OCCO2)N1CCC(C(=O)N2CCCC2)CC1. The number of amides is 2. The summed E-state index contributed by atoms with van der Waals surface area (Å²) in [6, 6.07) is 5.44. The van der Waals surface area contributed by atoms with Gasteiger partial charge in [0.25, 0.3) is 5.91 Å². The molecule has 134 valence electrons. The third-order valence-electron chi connectivity index (χ3n) is 5.35. The second-order valence-electron chi connectivity index (χ2n) is 6.93. The summed E-state index contributed by atoms with van der Waals surface area (Å²) in [5, 5.41) is 0. The normalized spacial score (nSPS) is 20.6. The van der Waals surface area contributed by atoms with Gasteiger partial charge in [-0.1, -0.05) is 6.07 Å². The largest absolute Gasteiger partial charge is 0.486 e. The standard InChI is InChI=1S/C19H24N2O4/c22-18(20-8-1-2-9-20)14-6-10-21(11-7-14)19(23)15-4-3-5-16-17(15)25-13-12-24-16/h3-5,14H,1-2,6-13H2. The third-order valence-corrected chi connectivity index (χ3v) is 5.35. The summed E-state index contributed by atoms with van der Waals surface area (Å²) in [7, 11) is 0. The lowest BCUT2D eigenvalue weighted by atomic mass is 9.94. The smallest absolute Gasteiger partial charge is 0.257 e. The topological polar surface area (TPSA) is 59.1 Å². The number of rotatable bonds is 2. The Hall–Kier alpha value is -2.24. The van der Waals surface area contributed by atoms with E-state index in [2.05, 4.69) is 0 Å². The van der Waals surface area contributed by atoms with Crippen molar-refractivity contribution in [2.45, 2.75) is 25.7 Å². The molecule has 6 heteroatoms. The van der Waals surface area contributed by atoms with Crippen molar-refractivity contribution in [2.24, 2.45) is 5.92 Å². The van der Waals surface area contributed by atoms with Gasteiger partial charge in [-0.3, -0.25) is 9.59 Å². The minimum atomic E-state index is -0.0329. The highest BCUT2D eigenvalue weighted by atomic mass is 16.6. The first kappa shape index (κ1) is 16.2. The fourth-order valence-corrected chi connectivity index (χ4v) is 3.94. The van der Waals surface area contributed by atoms with Gasteiger partial charge in [0, 0.05) is 32.1 Å². The number of carbonyl (C=O) groups is 2. The van der Waals surface area contributed by atoms with E-state index in [-0.39, 0.29) is 17.7 Å². The zero-order valence-corrected chi connectivity index (χ0v) is 14.4. The van der Waals surface area contributed by atoms with Crippen LogP contribution in [0.2, 0.25) is 0 Å². The molecule has 6 nitrogen and oxygen atoms in total. The number of benzene rings is 1. The fraction of sp³-hybridized carbons (Fsp3) is 0.579. The van der Waals surface area contributed by atoms with Gasteiger partial charge in [0.1, 0.15) is 13.2 Å². The Balaban J connectivity index is 1.41. The van der Waals surface area contributed by atoms with Gasteiger partial charge in [0.05, 0.1) is 5.56 Å². The van der Waals surface area contributed by atoms with Gasteiger partial charge in [-0.2, -0.15) is 0 Å². The van der Waals surface area contributed by atoms with Gasteiger partial charge >= 0.3 is 0 Å². The molecule has 0 saturated carbocycles. The lowest BCUT2D eigenvalue weighted by Gasteiger charge is -2.33. The van der Waals surface area contributed by atoms with E-state index in [1.54, 1.807) is 6.07 Å². The van der Waals surface area contributed by atoms with E-state index < -0.39 is 0 Å². The van der Waals surface area contributed by atoms with Crippen molar-refractivity contribution in [3.05, 3.63) is 23.8 Å². The highest BCUT2D eigenvalue weighted by Gasteiger charge is 2.32. The average molecular weight is 344 g/mol. The number of fused-ring (bicyclic) bond motifs is 1. The molecule has 0 atom stereocenters. The lowest BCUT2D eigenvalue weighted by Crippen LogP contribution is -2.43. The number of nitrogens with zero attached hydrogens (tertiary/aromatic N) is 2. The average Bonchev–Trinajstić information content (AvgIpc) is 3.21. The summed E-state index contributed by atoms with van der Waals surface area (Å²) < 4.78 is 11.2. The van der Waals surface area contributed by atoms with Crippen LogP contribution in [-0.4, -0.2) is 61.0 Å². The first-order valence-electron chi connectivity index (χ1n) is 9.21. The van der Waals surface area contributed by atoms with Gasteiger partial charge in [0.2, 0.25) is 5.91 Å². The van der Waals surface area contributed by atoms with Crippen LogP contribution in [0.1, 0.15) is 36.0 Å². The molecule has 3 aliphatic heterocycles. The lowest BCUT2D eigenvalue weighted by molar-refractivity contribution is -0.135. The number of carbonyl (C=O) groups excluding carboxylic acids is 2. The summed E-state index contributed by atoms with van der Waals surface area (Å²) in [5.41, 5.74) is 0.557.